The molecule has 2 aromatic rings. The number of nitrogens with zero attached hydrogens (tertiary/aromatic N) is 2. The van der Waals surface area contributed by atoms with Crippen LogP contribution in [0.2, 0.25) is 0 Å². The minimum atomic E-state index is -0.171. The average Bonchev–Trinajstić information content (AvgIpc) is 3.15. The molecule has 19 heavy (non-hydrogen) atoms. The summed E-state index contributed by atoms with van der Waals surface area (Å²) in [4.78, 5) is 18.2. The first kappa shape index (κ1) is 12.4. The first-order valence-corrected chi connectivity index (χ1v) is 7.13. The van der Waals surface area contributed by atoms with E-state index in [1.54, 1.807) is 4.90 Å². The average molecular weight is 277 g/mol. The number of aromatic nitrogens is 1. The van der Waals surface area contributed by atoms with Gasteiger partial charge in [0.25, 0.3) is 0 Å². The van der Waals surface area contributed by atoms with E-state index in [1.807, 2.05) is 24.3 Å². The zero-order valence-electron chi connectivity index (χ0n) is 10.4. The number of aliphatic hydroxyl groups is 1. The van der Waals surface area contributed by atoms with Crippen LogP contribution in [-0.4, -0.2) is 40.2 Å². The Morgan fingerprint density at radius 1 is 1.47 bits per heavy atom. The van der Waals surface area contributed by atoms with Gasteiger partial charge in [-0.2, -0.15) is 0 Å². The van der Waals surface area contributed by atoms with Crippen molar-refractivity contribution in [1.82, 2.24) is 9.88 Å². The molecule has 3 rings (SSSR count). The SMILES string of the molecule is O=C(Nc1nc2ccccc2s1)N(CCO)C1CC1. The van der Waals surface area contributed by atoms with Crippen LogP contribution in [0.5, 0.6) is 0 Å². The van der Waals surface area contributed by atoms with E-state index in [0.29, 0.717) is 11.7 Å². The maximum atomic E-state index is 12.1. The van der Waals surface area contributed by atoms with Crippen LogP contribution in [0.3, 0.4) is 0 Å². The second-order valence-electron chi connectivity index (χ2n) is 4.57. The highest BCUT2D eigenvalue weighted by Gasteiger charge is 2.32. The molecular weight excluding hydrogens is 262 g/mol. The topological polar surface area (TPSA) is 65.5 Å². The molecule has 0 atom stereocenters. The van der Waals surface area contributed by atoms with Gasteiger partial charge in [0.05, 0.1) is 16.8 Å². The van der Waals surface area contributed by atoms with Crippen LogP contribution in [0.15, 0.2) is 24.3 Å². The first-order chi connectivity index (χ1) is 9.28. The van der Waals surface area contributed by atoms with Crippen molar-refractivity contribution in [2.45, 2.75) is 18.9 Å². The molecule has 1 aromatic heterocycles. The predicted molar refractivity (Wildman–Crippen MR) is 75.5 cm³/mol. The molecule has 0 saturated heterocycles. The van der Waals surface area contributed by atoms with Gasteiger partial charge in [0.15, 0.2) is 5.13 Å². The third-order valence-corrected chi connectivity index (χ3v) is 4.05. The summed E-state index contributed by atoms with van der Waals surface area (Å²) < 4.78 is 1.05. The summed E-state index contributed by atoms with van der Waals surface area (Å²) in [6.45, 7) is 0.366. The third-order valence-electron chi connectivity index (χ3n) is 3.10. The Labute approximate surface area is 114 Å². The van der Waals surface area contributed by atoms with Crippen molar-refractivity contribution in [3.8, 4) is 0 Å². The van der Waals surface area contributed by atoms with E-state index >= 15 is 0 Å². The highest BCUT2D eigenvalue weighted by Crippen LogP contribution is 2.29. The second kappa shape index (κ2) is 5.14. The molecule has 2 amide bonds. The lowest BCUT2D eigenvalue weighted by atomic mass is 10.3. The summed E-state index contributed by atoms with van der Waals surface area (Å²) in [5.74, 6) is 0. The molecule has 5 nitrogen and oxygen atoms in total. The summed E-state index contributed by atoms with van der Waals surface area (Å²) >= 11 is 1.46. The van der Waals surface area contributed by atoms with Crippen LogP contribution < -0.4 is 5.32 Å². The smallest absolute Gasteiger partial charge is 0.323 e. The number of carbonyl (C=O) groups excluding carboxylic acids is 1. The van der Waals surface area contributed by atoms with Crippen molar-refractivity contribution in [2.24, 2.45) is 0 Å². The van der Waals surface area contributed by atoms with Crippen LogP contribution in [0.1, 0.15) is 12.8 Å². The molecule has 1 fully saturated rings. The van der Waals surface area contributed by atoms with Crippen LogP contribution in [0.25, 0.3) is 10.2 Å². The third kappa shape index (κ3) is 2.69. The van der Waals surface area contributed by atoms with E-state index in [1.165, 1.54) is 11.3 Å². The minimum Gasteiger partial charge on any atom is -0.395 e. The molecule has 0 unspecified atom stereocenters. The van der Waals surface area contributed by atoms with Crippen molar-refractivity contribution in [3.63, 3.8) is 0 Å². The molecule has 6 heteroatoms. The monoisotopic (exact) mass is 277 g/mol. The number of fused-ring (bicyclic) bond motifs is 1. The summed E-state index contributed by atoms with van der Waals surface area (Å²) in [7, 11) is 0. The van der Waals surface area contributed by atoms with E-state index in [0.717, 1.165) is 23.1 Å². The fourth-order valence-corrected chi connectivity index (χ4v) is 2.89. The minimum absolute atomic E-state index is 0.0102. The molecule has 1 heterocycles. The van der Waals surface area contributed by atoms with E-state index in [2.05, 4.69) is 10.3 Å². The van der Waals surface area contributed by atoms with Gasteiger partial charge < -0.3 is 10.0 Å². The van der Waals surface area contributed by atoms with E-state index in [9.17, 15) is 4.79 Å². The van der Waals surface area contributed by atoms with E-state index < -0.39 is 0 Å². The number of carbonyl (C=O) groups is 1. The van der Waals surface area contributed by atoms with Gasteiger partial charge in [-0.1, -0.05) is 23.5 Å². The Hall–Kier alpha value is -1.66. The van der Waals surface area contributed by atoms with Crippen LogP contribution in [0, 0.1) is 0 Å². The lowest BCUT2D eigenvalue weighted by Gasteiger charge is -2.20. The number of nitrogens with one attached hydrogen (secondary N) is 1. The highest BCUT2D eigenvalue weighted by molar-refractivity contribution is 7.22. The Bertz CT molecular complexity index is 561. The van der Waals surface area contributed by atoms with Crippen LogP contribution >= 0.6 is 11.3 Å². The molecule has 0 bridgehead atoms. The van der Waals surface area contributed by atoms with Crippen molar-refractivity contribution in [1.29, 1.82) is 0 Å². The molecule has 1 saturated carbocycles. The molecule has 1 aromatic carbocycles. The number of amides is 2. The summed E-state index contributed by atoms with van der Waals surface area (Å²) in [6.07, 6.45) is 2.04. The molecule has 0 spiro atoms. The zero-order valence-corrected chi connectivity index (χ0v) is 11.2. The quantitative estimate of drug-likeness (QED) is 0.901. The van der Waals surface area contributed by atoms with Gasteiger partial charge in [0, 0.05) is 12.6 Å². The van der Waals surface area contributed by atoms with Gasteiger partial charge in [0.1, 0.15) is 0 Å². The number of hydrogen-bond acceptors (Lipinski definition) is 4. The predicted octanol–water partition coefficient (Wildman–Crippen LogP) is 2.28. The van der Waals surface area contributed by atoms with E-state index in [-0.39, 0.29) is 18.7 Å². The Morgan fingerprint density at radius 2 is 2.26 bits per heavy atom. The van der Waals surface area contributed by atoms with Crippen molar-refractivity contribution < 1.29 is 9.90 Å². The Balaban J connectivity index is 1.74. The lowest BCUT2D eigenvalue weighted by Crippen LogP contribution is -2.38. The van der Waals surface area contributed by atoms with Gasteiger partial charge >= 0.3 is 6.03 Å². The number of para-hydroxylation sites is 1. The number of thiazole rings is 1. The van der Waals surface area contributed by atoms with Gasteiger partial charge in [-0.3, -0.25) is 5.32 Å². The van der Waals surface area contributed by atoms with Gasteiger partial charge in [-0.05, 0) is 25.0 Å². The van der Waals surface area contributed by atoms with Crippen LogP contribution in [0.4, 0.5) is 9.93 Å². The molecule has 0 radical (unpaired) electrons. The Morgan fingerprint density at radius 3 is 2.95 bits per heavy atom. The number of benzene rings is 1. The lowest BCUT2D eigenvalue weighted by molar-refractivity contribution is 0.185. The molecule has 100 valence electrons. The summed E-state index contributed by atoms with van der Waals surface area (Å²) in [5, 5.41) is 12.4. The fraction of sp³-hybridized carbons (Fsp3) is 0.385. The number of anilines is 1. The molecule has 1 aliphatic rings. The van der Waals surface area contributed by atoms with Crippen molar-refractivity contribution in [3.05, 3.63) is 24.3 Å². The molecule has 2 N–H and O–H groups in total. The van der Waals surface area contributed by atoms with Gasteiger partial charge in [-0.25, -0.2) is 9.78 Å². The number of rotatable bonds is 4. The molecule has 0 aliphatic heterocycles. The Kier molecular flexibility index (Phi) is 3.35. The van der Waals surface area contributed by atoms with Crippen molar-refractivity contribution >= 4 is 32.7 Å². The summed E-state index contributed by atoms with van der Waals surface area (Å²) in [6, 6.07) is 7.89. The molecule has 1 aliphatic carbocycles. The van der Waals surface area contributed by atoms with E-state index in [4.69, 9.17) is 5.11 Å². The standard InChI is InChI=1S/C13H15N3O2S/c17-8-7-16(9-5-6-9)13(18)15-12-14-10-3-1-2-4-11(10)19-12/h1-4,9,17H,5-8H2,(H,14,15,18). The number of urea groups is 1. The van der Waals surface area contributed by atoms with Gasteiger partial charge in [0.2, 0.25) is 0 Å². The number of aliphatic hydroxyl groups excluding tert-OH is 1. The zero-order chi connectivity index (χ0) is 13.2. The number of hydrogen-bond donors (Lipinski definition) is 2. The van der Waals surface area contributed by atoms with Crippen molar-refractivity contribution in [2.75, 3.05) is 18.5 Å². The first-order valence-electron chi connectivity index (χ1n) is 6.32. The fourth-order valence-electron chi connectivity index (χ4n) is 2.03. The maximum absolute atomic E-state index is 12.1. The molecular formula is C13H15N3O2S. The van der Waals surface area contributed by atoms with Gasteiger partial charge in [-0.15, -0.1) is 0 Å². The second-order valence-corrected chi connectivity index (χ2v) is 5.60. The highest BCUT2D eigenvalue weighted by atomic mass is 32.1. The maximum Gasteiger partial charge on any atom is 0.323 e. The largest absolute Gasteiger partial charge is 0.395 e. The van der Waals surface area contributed by atoms with Crippen LogP contribution in [-0.2, 0) is 0 Å². The summed E-state index contributed by atoms with van der Waals surface area (Å²) in [5.41, 5.74) is 0.892. The normalized spacial score (nSPS) is 14.6.